The van der Waals surface area contributed by atoms with E-state index in [4.69, 9.17) is 0 Å². The van der Waals surface area contributed by atoms with Crippen LogP contribution in [0.5, 0.6) is 0 Å². The van der Waals surface area contributed by atoms with Gasteiger partial charge in [0.1, 0.15) is 6.10 Å². The summed E-state index contributed by atoms with van der Waals surface area (Å²) in [5, 5.41) is 30.4. The molecule has 2 atom stereocenters. The van der Waals surface area contributed by atoms with Crippen molar-refractivity contribution in [2.75, 3.05) is 19.7 Å². The molecule has 0 aromatic rings. The molecule has 5 heteroatoms. The number of hydrogen-bond donors (Lipinski definition) is 3. The van der Waals surface area contributed by atoms with Gasteiger partial charge in [-0.1, -0.05) is 181 Å². The van der Waals surface area contributed by atoms with Gasteiger partial charge in [-0.2, -0.15) is 0 Å². The van der Waals surface area contributed by atoms with E-state index < -0.39 is 12.2 Å². The fourth-order valence-electron chi connectivity index (χ4n) is 5.85. The molecule has 0 bridgehead atoms. The number of carbonyl (C=O) groups is 1. The molecule has 0 saturated heterocycles. The Labute approximate surface area is 256 Å². The Morgan fingerprint density at radius 1 is 0.512 bits per heavy atom. The van der Waals surface area contributed by atoms with Crippen LogP contribution in [0, 0.1) is 0 Å². The van der Waals surface area contributed by atoms with Crippen LogP contribution in [0.4, 0.5) is 0 Å². The zero-order valence-corrected chi connectivity index (χ0v) is 27.8. The van der Waals surface area contributed by atoms with E-state index in [9.17, 15) is 20.1 Å². The van der Waals surface area contributed by atoms with E-state index >= 15 is 0 Å². The molecule has 0 aliphatic heterocycles. The van der Waals surface area contributed by atoms with Gasteiger partial charge in [-0.05, 0) is 12.8 Å². The SMILES string of the molecule is CCCCCCCCCCCCCCCCC(O)CN(CCO)C(=O)C(O)CCCCCCCCCCCCCC. The Bertz CT molecular complexity index is 530. The lowest BCUT2D eigenvalue weighted by atomic mass is 10.0. The van der Waals surface area contributed by atoms with E-state index in [1.54, 1.807) is 0 Å². The molecule has 5 nitrogen and oxygen atoms in total. The first-order chi connectivity index (χ1) is 20.1. The molecule has 0 aromatic carbocycles. The molecule has 0 heterocycles. The first-order valence-corrected chi connectivity index (χ1v) is 18.3. The topological polar surface area (TPSA) is 81.0 Å². The maximum Gasteiger partial charge on any atom is 0.251 e. The van der Waals surface area contributed by atoms with Gasteiger partial charge < -0.3 is 20.2 Å². The van der Waals surface area contributed by atoms with E-state index in [2.05, 4.69) is 13.8 Å². The maximum absolute atomic E-state index is 12.8. The van der Waals surface area contributed by atoms with Crippen LogP contribution in [0.25, 0.3) is 0 Å². The van der Waals surface area contributed by atoms with Gasteiger partial charge in [0.2, 0.25) is 0 Å². The van der Waals surface area contributed by atoms with Crippen molar-refractivity contribution in [3.05, 3.63) is 0 Å². The normalized spacial score (nSPS) is 13.0. The van der Waals surface area contributed by atoms with Crippen LogP contribution >= 0.6 is 0 Å². The van der Waals surface area contributed by atoms with Crippen LogP contribution in [0.2, 0.25) is 0 Å². The molecule has 3 N–H and O–H groups in total. The highest BCUT2D eigenvalue weighted by molar-refractivity contribution is 5.80. The molecular formula is C36H73NO4. The highest BCUT2D eigenvalue weighted by atomic mass is 16.3. The van der Waals surface area contributed by atoms with E-state index in [1.165, 1.54) is 140 Å². The zero-order chi connectivity index (χ0) is 30.2. The molecule has 0 spiro atoms. The van der Waals surface area contributed by atoms with Crippen LogP contribution in [0.15, 0.2) is 0 Å². The molecule has 0 fully saturated rings. The molecule has 0 radical (unpaired) electrons. The highest BCUT2D eigenvalue weighted by Crippen LogP contribution is 2.16. The van der Waals surface area contributed by atoms with Gasteiger partial charge in [-0.3, -0.25) is 4.79 Å². The zero-order valence-electron chi connectivity index (χ0n) is 27.8. The summed E-state index contributed by atoms with van der Waals surface area (Å²) in [6.45, 7) is 4.75. The van der Waals surface area contributed by atoms with Crippen molar-refractivity contribution in [3.63, 3.8) is 0 Å². The third-order valence-corrected chi connectivity index (χ3v) is 8.62. The Kier molecular flexibility index (Phi) is 31.8. The predicted molar refractivity (Wildman–Crippen MR) is 176 cm³/mol. The van der Waals surface area contributed by atoms with Crippen molar-refractivity contribution in [2.45, 2.75) is 206 Å². The first-order valence-electron chi connectivity index (χ1n) is 18.3. The number of aliphatic hydroxyl groups is 3. The Morgan fingerprint density at radius 3 is 1.17 bits per heavy atom. The van der Waals surface area contributed by atoms with Gasteiger partial charge in [0, 0.05) is 13.1 Å². The predicted octanol–water partition coefficient (Wildman–Crippen LogP) is 9.49. The minimum atomic E-state index is -1.03. The molecule has 1 amide bonds. The van der Waals surface area contributed by atoms with Gasteiger partial charge in [0.25, 0.3) is 5.91 Å². The second-order valence-corrected chi connectivity index (χ2v) is 12.7. The number of unbranched alkanes of at least 4 members (excludes halogenated alkanes) is 24. The number of nitrogens with zero attached hydrogens (tertiary/aromatic N) is 1. The average Bonchev–Trinajstić information content (AvgIpc) is 2.97. The third kappa shape index (κ3) is 27.9. The molecule has 2 unspecified atom stereocenters. The molecular weight excluding hydrogens is 510 g/mol. The minimum absolute atomic E-state index is 0.150. The number of amides is 1. The summed E-state index contributed by atoms with van der Waals surface area (Å²) in [7, 11) is 0. The number of carbonyl (C=O) groups excluding carboxylic acids is 1. The van der Waals surface area contributed by atoms with E-state index in [0.29, 0.717) is 12.8 Å². The molecule has 0 aliphatic rings. The number of hydrogen-bond acceptors (Lipinski definition) is 4. The van der Waals surface area contributed by atoms with Crippen LogP contribution in [0.3, 0.4) is 0 Å². The fourth-order valence-corrected chi connectivity index (χ4v) is 5.85. The summed E-state index contributed by atoms with van der Waals surface area (Å²) >= 11 is 0. The van der Waals surface area contributed by atoms with Crippen molar-refractivity contribution >= 4 is 5.91 Å². The lowest BCUT2D eigenvalue weighted by Gasteiger charge is -2.27. The van der Waals surface area contributed by atoms with Gasteiger partial charge in [-0.25, -0.2) is 0 Å². The standard InChI is InChI=1S/C36H73NO4/c1-3-5-7-9-11-13-15-17-18-19-21-23-25-27-29-34(39)33-37(31-32-38)36(41)35(40)30-28-26-24-22-20-16-14-12-10-8-6-4-2/h34-35,38-40H,3-33H2,1-2H3. The molecule has 0 aliphatic carbocycles. The minimum Gasteiger partial charge on any atom is -0.395 e. The van der Waals surface area contributed by atoms with Crippen molar-refractivity contribution < 1.29 is 20.1 Å². The first kappa shape index (κ1) is 40.4. The van der Waals surface area contributed by atoms with Crippen molar-refractivity contribution in [2.24, 2.45) is 0 Å². The summed E-state index contributed by atoms with van der Waals surface area (Å²) in [5.41, 5.74) is 0. The molecule has 246 valence electrons. The van der Waals surface area contributed by atoms with E-state index in [1.807, 2.05) is 0 Å². The average molecular weight is 584 g/mol. The number of rotatable bonds is 33. The van der Waals surface area contributed by atoms with E-state index in [-0.39, 0.29) is 25.6 Å². The third-order valence-electron chi connectivity index (χ3n) is 8.62. The van der Waals surface area contributed by atoms with Crippen LogP contribution in [-0.4, -0.2) is 58.0 Å². The smallest absolute Gasteiger partial charge is 0.251 e. The summed E-state index contributed by atoms with van der Waals surface area (Å²) in [4.78, 5) is 14.2. The molecule has 0 aromatic heterocycles. The van der Waals surface area contributed by atoms with Gasteiger partial charge in [0.15, 0.2) is 0 Å². The summed E-state index contributed by atoms with van der Waals surface area (Å²) in [5.74, 6) is -0.345. The molecule has 41 heavy (non-hydrogen) atoms. The summed E-state index contributed by atoms with van der Waals surface area (Å²) in [6.07, 6.45) is 32.9. The highest BCUT2D eigenvalue weighted by Gasteiger charge is 2.23. The summed E-state index contributed by atoms with van der Waals surface area (Å²) in [6, 6.07) is 0. The maximum atomic E-state index is 12.8. The molecule has 0 saturated carbocycles. The fraction of sp³-hybridized carbons (Fsp3) is 0.972. The Morgan fingerprint density at radius 2 is 0.829 bits per heavy atom. The van der Waals surface area contributed by atoms with Crippen molar-refractivity contribution in [1.29, 1.82) is 0 Å². The van der Waals surface area contributed by atoms with Crippen molar-refractivity contribution in [1.82, 2.24) is 4.90 Å². The lowest BCUT2D eigenvalue weighted by Crippen LogP contribution is -2.44. The lowest BCUT2D eigenvalue weighted by molar-refractivity contribution is -0.142. The number of aliphatic hydroxyl groups excluding tert-OH is 3. The monoisotopic (exact) mass is 584 g/mol. The second kappa shape index (κ2) is 32.3. The Hall–Kier alpha value is -0.650. The Balaban J connectivity index is 3.79. The largest absolute Gasteiger partial charge is 0.395 e. The summed E-state index contributed by atoms with van der Waals surface area (Å²) < 4.78 is 0. The van der Waals surface area contributed by atoms with E-state index in [0.717, 1.165) is 32.1 Å². The van der Waals surface area contributed by atoms with Crippen LogP contribution in [0.1, 0.15) is 194 Å². The quantitative estimate of drug-likeness (QED) is 0.0672. The van der Waals surface area contributed by atoms with Gasteiger partial charge in [0.05, 0.1) is 12.7 Å². The second-order valence-electron chi connectivity index (χ2n) is 12.7. The van der Waals surface area contributed by atoms with Crippen molar-refractivity contribution in [3.8, 4) is 0 Å². The molecule has 0 rings (SSSR count). The van der Waals surface area contributed by atoms with Crippen LogP contribution < -0.4 is 0 Å². The van der Waals surface area contributed by atoms with Gasteiger partial charge >= 0.3 is 0 Å². The van der Waals surface area contributed by atoms with Gasteiger partial charge in [-0.15, -0.1) is 0 Å². The van der Waals surface area contributed by atoms with Crippen LogP contribution in [-0.2, 0) is 4.79 Å².